The SMILES string of the molecule is O=C(CCC(=O)N1CCOC1=O)c1ccccc1. The largest absolute Gasteiger partial charge is 0.447 e. The smallest absolute Gasteiger partial charge is 0.416 e. The van der Waals surface area contributed by atoms with E-state index in [1.54, 1.807) is 24.3 Å². The average molecular weight is 247 g/mol. The molecule has 0 N–H and O–H groups in total. The van der Waals surface area contributed by atoms with Crippen molar-refractivity contribution in [1.29, 1.82) is 0 Å². The lowest BCUT2D eigenvalue weighted by Gasteiger charge is -2.09. The highest BCUT2D eigenvalue weighted by atomic mass is 16.6. The predicted molar refractivity (Wildman–Crippen MR) is 63.1 cm³/mol. The van der Waals surface area contributed by atoms with Crippen LogP contribution in [0.15, 0.2) is 30.3 Å². The molecule has 5 nitrogen and oxygen atoms in total. The zero-order valence-corrected chi connectivity index (χ0v) is 9.80. The number of Topliss-reactive ketones (excluding diaryl/α,β-unsaturated/α-hetero) is 1. The van der Waals surface area contributed by atoms with Crippen molar-refractivity contribution in [2.24, 2.45) is 0 Å². The lowest BCUT2D eigenvalue weighted by atomic mass is 10.1. The first-order valence-corrected chi connectivity index (χ1v) is 5.74. The second-order valence-electron chi connectivity index (χ2n) is 3.95. The number of imide groups is 1. The van der Waals surface area contributed by atoms with Crippen molar-refractivity contribution < 1.29 is 19.1 Å². The fourth-order valence-electron chi connectivity index (χ4n) is 1.74. The molecule has 0 aromatic heterocycles. The molecule has 0 atom stereocenters. The molecule has 0 unspecified atom stereocenters. The van der Waals surface area contributed by atoms with Crippen molar-refractivity contribution in [2.45, 2.75) is 12.8 Å². The molecule has 1 saturated heterocycles. The molecule has 94 valence electrons. The van der Waals surface area contributed by atoms with Gasteiger partial charge in [0, 0.05) is 18.4 Å². The van der Waals surface area contributed by atoms with Crippen LogP contribution < -0.4 is 0 Å². The van der Waals surface area contributed by atoms with Gasteiger partial charge in [-0.2, -0.15) is 0 Å². The first-order chi connectivity index (χ1) is 8.68. The van der Waals surface area contributed by atoms with Gasteiger partial charge in [0.05, 0.1) is 6.54 Å². The minimum Gasteiger partial charge on any atom is -0.447 e. The van der Waals surface area contributed by atoms with Crippen molar-refractivity contribution in [2.75, 3.05) is 13.2 Å². The Kier molecular flexibility index (Phi) is 3.72. The van der Waals surface area contributed by atoms with Gasteiger partial charge < -0.3 is 4.74 Å². The third kappa shape index (κ3) is 2.74. The van der Waals surface area contributed by atoms with Gasteiger partial charge in [-0.05, 0) is 0 Å². The highest BCUT2D eigenvalue weighted by Gasteiger charge is 2.28. The summed E-state index contributed by atoms with van der Waals surface area (Å²) in [6.45, 7) is 0.508. The van der Waals surface area contributed by atoms with Gasteiger partial charge in [0.1, 0.15) is 6.61 Å². The van der Waals surface area contributed by atoms with Crippen molar-refractivity contribution in [3.63, 3.8) is 0 Å². The van der Waals surface area contributed by atoms with Gasteiger partial charge in [-0.15, -0.1) is 0 Å². The van der Waals surface area contributed by atoms with Crippen LogP contribution >= 0.6 is 0 Å². The van der Waals surface area contributed by atoms with Crippen LogP contribution in [0.2, 0.25) is 0 Å². The van der Waals surface area contributed by atoms with Gasteiger partial charge in [-0.25, -0.2) is 9.69 Å². The summed E-state index contributed by atoms with van der Waals surface area (Å²) in [6, 6.07) is 8.77. The van der Waals surface area contributed by atoms with E-state index in [0.717, 1.165) is 4.90 Å². The number of carbonyl (C=O) groups excluding carboxylic acids is 3. The summed E-state index contributed by atoms with van der Waals surface area (Å²) >= 11 is 0. The van der Waals surface area contributed by atoms with E-state index in [4.69, 9.17) is 0 Å². The summed E-state index contributed by atoms with van der Waals surface area (Å²) in [4.78, 5) is 35.6. The summed E-state index contributed by atoms with van der Waals surface area (Å²) in [6.07, 6.45) is -0.484. The maximum Gasteiger partial charge on any atom is 0.416 e. The predicted octanol–water partition coefficient (Wildman–Crippen LogP) is 1.63. The fourth-order valence-corrected chi connectivity index (χ4v) is 1.74. The fraction of sp³-hybridized carbons (Fsp3) is 0.308. The minimum atomic E-state index is -0.618. The Morgan fingerprint density at radius 2 is 1.89 bits per heavy atom. The molecule has 1 aliphatic heterocycles. The van der Waals surface area contributed by atoms with Gasteiger partial charge >= 0.3 is 6.09 Å². The van der Waals surface area contributed by atoms with E-state index in [-0.39, 0.29) is 37.7 Å². The van der Waals surface area contributed by atoms with Crippen molar-refractivity contribution in [3.8, 4) is 0 Å². The van der Waals surface area contributed by atoms with Gasteiger partial charge in [-0.1, -0.05) is 30.3 Å². The Morgan fingerprint density at radius 3 is 2.50 bits per heavy atom. The molecule has 0 bridgehead atoms. The van der Waals surface area contributed by atoms with Gasteiger partial charge in [0.15, 0.2) is 5.78 Å². The number of cyclic esters (lactones) is 1. The zero-order chi connectivity index (χ0) is 13.0. The normalized spacial score (nSPS) is 14.4. The van der Waals surface area contributed by atoms with E-state index in [1.807, 2.05) is 6.07 Å². The van der Waals surface area contributed by atoms with Crippen LogP contribution in [0.3, 0.4) is 0 Å². The van der Waals surface area contributed by atoms with Gasteiger partial charge in [0.25, 0.3) is 0 Å². The topological polar surface area (TPSA) is 63.7 Å². The molecule has 2 amide bonds. The first-order valence-electron chi connectivity index (χ1n) is 5.74. The quantitative estimate of drug-likeness (QED) is 0.758. The number of ketones is 1. The van der Waals surface area contributed by atoms with E-state index < -0.39 is 6.09 Å². The molecule has 0 saturated carbocycles. The van der Waals surface area contributed by atoms with E-state index in [1.165, 1.54) is 0 Å². The van der Waals surface area contributed by atoms with E-state index in [2.05, 4.69) is 4.74 Å². The molecule has 1 aliphatic rings. The van der Waals surface area contributed by atoms with Crippen LogP contribution in [-0.4, -0.2) is 35.8 Å². The third-order valence-corrected chi connectivity index (χ3v) is 2.72. The number of nitrogens with zero attached hydrogens (tertiary/aromatic N) is 1. The molecule has 1 fully saturated rings. The summed E-state index contributed by atoms with van der Waals surface area (Å²) in [7, 11) is 0. The molecular weight excluding hydrogens is 234 g/mol. The van der Waals surface area contributed by atoms with Crippen molar-refractivity contribution in [3.05, 3.63) is 35.9 Å². The van der Waals surface area contributed by atoms with E-state index in [0.29, 0.717) is 5.56 Å². The van der Waals surface area contributed by atoms with Crippen molar-refractivity contribution >= 4 is 17.8 Å². The lowest BCUT2D eigenvalue weighted by Crippen LogP contribution is -2.31. The summed E-state index contributed by atoms with van der Waals surface area (Å²) in [5.74, 6) is -0.460. The zero-order valence-electron chi connectivity index (χ0n) is 9.80. The Hall–Kier alpha value is -2.17. The maximum atomic E-state index is 11.8. The second kappa shape index (κ2) is 5.44. The highest BCUT2D eigenvalue weighted by Crippen LogP contribution is 2.10. The Morgan fingerprint density at radius 1 is 1.17 bits per heavy atom. The van der Waals surface area contributed by atoms with Crippen LogP contribution in [0.4, 0.5) is 4.79 Å². The molecular formula is C13H13NO4. The van der Waals surface area contributed by atoms with Crippen LogP contribution in [0.5, 0.6) is 0 Å². The number of ether oxygens (including phenoxy) is 1. The van der Waals surface area contributed by atoms with Crippen LogP contribution in [-0.2, 0) is 9.53 Å². The number of amides is 2. The molecule has 0 spiro atoms. The van der Waals surface area contributed by atoms with Crippen molar-refractivity contribution in [1.82, 2.24) is 4.90 Å². The summed E-state index contributed by atoms with van der Waals surface area (Å²) in [5.41, 5.74) is 0.578. The number of hydrogen-bond acceptors (Lipinski definition) is 4. The number of carbonyl (C=O) groups is 3. The molecule has 2 rings (SSSR count). The highest BCUT2D eigenvalue weighted by molar-refractivity contribution is 5.99. The number of rotatable bonds is 4. The molecule has 1 aromatic rings. The number of hydrogen-bond donors (Lipinski definition) is 0. The minimum absolute atomic E-state index is 0.0306. The standard InChI is InChI=1S/C13H13NO4/c15-11(10-4-2-1-3-5-10)6-7-12(16)14-8-9-18-13(14)17/h1-5H,6-9H2. The molecule has 1 heterocycles. The molecule has 1 aromatic carbocycles. The van der Waals surface area contributed by atoms with E-state index in [9.17, 15) is 14.4 Å². The third-order valence-electron chi connectivity index (χ3n) is 2.72. The first kappa shape index (κ1) is 12.3. The van der Waals surface area contributed by atoms with Crippen LogP contribution in [0.1, 0.15) is 23.2 Å². The average Bonchev–Trinajstić information content (AvgIpc) is 2.83. The van der Waals surface area contributed by atoms with Gasteiger partial charge in [0.2, 0.25) is 5.91 Å². The Balaban J connectivity index is 1.86. The monoisotopic (exact) mass is 247 g/mol. The summed E-state index contributed by atoms with van der Waals surface area (Å²) in [5, 5.41) is 0. The van der Waals surface area contributed by atoms with Crippen LogP contribution in [0, 0.1) is 0 Å². The second-order valence-corrected chi connectivity index (χ2v) is 3.95. The summed E-state index contributed by atoms with van der Waals surface area (Å²) < 4.78 is 4.66. The molecule has 0 radical (unpaired) electrons. The molecule has 0 aliphatic carbocycles. The maximum absolute atomic E-state index is 11.8. The number of benzene rings is 1. The molecule has 5 heteroatoms. The molecule has 18 heavy (non-hydrogen) atoms. The van der Waals surface area contributed by atoms with E-state index >= 15 is 0 Å². The van der Waals surface area contributed by atoms with Gasteiger partial charge in [-0.3, -0.25) is 9.59 Å². The lowest BCUT2D eigenvalue weighted by molar-refractivity contribution is -0.127. The van der Waals surface area contributed by atoms with Crippen LogP contribution in [0.25, 0.3) is 0 Å². The Bertz CT molecular complexity index is 469. The Labute approximate surface area is 104 Å².